The number of hydrogen-bond donors (Lipinski definition) is 2. The summed E-state index contributed by atoms with van der Waals surface area (Å²) in [4.78, 5) is 39.5. The number of fused-ring (bicyclic) bond motifs is 1. The summed E-state index contributed by atoms with van der Waals surface area (Å²) in [6.07, 6.45) is 4.01. The normalized spacial score (nSPS) is 15.2. The van der Waals surface area contributed by atoms with Crippen molar-refractivity contribution in [3.63, 3.8) is 0 Å². The number of carbonyl (C=O) groups is 3. The third kappa shape index (κ3) is 7.69. The third-order valence-corrected chi connectivity index (χ3v) is 7.33. The molecule has 0 spiro atoms. The van der Waals surface area contributed by atoms with Crippen LogP contribution in [0, 0.1) is 0 Å². The molecule has 0 radical (unpaired) electrons. The van der Waals surface area contributed by atoms with E-state index in [2.05, 4.69) is 10.6 Å². The molecule has 3 amide bonds. The first-order chi connectivity index (χ1) is 17.9. The van der Waals surface area contributed by atoms with E-state index in [9.17, 15) is 18.6 Å². The molecule has 1 aliphatic heterocycles. The predicted octanol–water partition coefficient (Wildman–Crippen LogP) is 2.20. The van der Waals surface area contributed by atoms with Crippen molar-refractivity contribution in [2.24, 2.45) is 0 Å². The lowest BCUT2D eigenvalue weighted by Crippen LogP contribution is -2.44. The lowest BCUT2D eigenvalue weighted by molar-refractivity contribution is -0.134. The maximum Gasteiger partial charge on any atom is 0.239 e. The number of hydrogen-bond acceptors (Lipinski definition) is 7. The van der Waals surface area contributed by atoms with Crippen molar-refractivity contribution < 1.29 is 32.8 Å². The molecule has 4 rings (SSSR count). The smallest absolute Gasteiger partial charge is 0.239 e. The van der Waals surface area contributed by atoms with Crippen molar-refractivity contribution in [2.45, 2.75) is 38.3 Å². The Bertz CT molecular complexity index is 1150. The van der Waals surface area contributed by atoms with E-state index in [1.807, 2.05) is 12.1 Å². The number of rotatable bonds is 11. The van der Waals surface area contributed by atoms with Gasteiger partial charge < -0.3 is 29.7 Å². The Labute approximate surface area is 218 Å². The van der Waals surface area contributed by atoms with Crippen LogP contribution in [0.2, 0.25) is 0 Å². The van der Waals surface area contributed by atoms with Gasteiger partial charge in [-0.1, -0.05) is 25.0 Å². The molecule has 11 heteroatoms. The Morgan fingerprint density at radius 3 is 2.46 bits per heavy atom. The number of amides is 3. The quantitative estimate of drug-likeness (QED) is 0.457. The van der Waals surface area contributed by atoms with Gasteiger partial charge in [-0.15, -0.1) is 0 Å². The largest absolute Gasteiger partial charge is 0.497 e. The highest BCUT2D eigenvalue weighted by molar-refractivity contribution is 7.86. The van der Waals surface area contributed by atoms with Crippen LogP contribution in [-0.2, 0) is 31.7 Å². The van der Waals surface area contributed by atoms with Crippen LogP contribution in [0.3, 0.4) is 0 Å². The molecule has 2 aromatic carbocycles. The lowest BCUT2D eigenvalue weighted by atomic mass is 10.2. The van der Waals surface area contributed by atoms with Crippen molar-refractivity contribution in [1.29, 1.82) is 0 Å². The summed E-state index contributed by atoms with van der Waals surface area (Å²) in [5, 5.41) is 5.65. The second-order valence-corrected chi connectivity index (χ2v) is 10.4. The van der Waals surface area contributed by atoms with Crippen LogP contribution in [0.1, 0.15) is 31.2 Å². The Balaban J connectivity index is 1.34. The number of nitrogens with zero attached hydrogens (tertiary/aromatic N) is 1. The Kier molecular flexibility index (Phi) is 8.99. The number of carbonyl (C=O) groups excluding carboxylic acids is 3. The number of methoxy groups -OCH3 is 1. The minimum absolute atomic E-state index is 0.116. The molecule has 10 nitrogen and oxygen atoms in total. The van der Waals surface area contributed by atoms with Gasteiger partial charge in [0.05, 0.1) is 13.7 Å². The summed E-state index contributed by atoms with van der Waals surface area (Å²) < 4.78 is 28.4. The first-order valence-corrected chi connectivity index (χ1v) is 13.6. The molecule has 0 aromatic heterocycles. The summed E-state index contributed by atoms with van der Waals surface area (Å²) in [7, 11) is -0.201. The highest BCUT2D eigenvalue weighted by Crippen LogP contribution is 2.34. The second kappa shape index (κ2) is 12.6. The van der Waals surface area contributed by atoms with Crippen LogP contribution in [0.5, 0.6) is 17.2 Å². The topological polar surface area (TPSA) is 123 Å². The molecule has 2 aliphatic rings. The molecule has 1 heterocycles. The van der Waals surface area contributed by atoms with Crippen LogP contribution in [0.25, 0.3) is 0 Å². The van der Waals surface area contributed by atoms with Crippen molar-refractivity contribution in [2.75, 3.05) is 37.3 Å². The first-order valence-electron chi connectivity index (χ1n) is 12.1. The standard InChI is InChI=1S/C26H31N3O7S/c1-34-21-9-6-18(7-10-21)13-29(14-24(30)27-19-4-2-3-5-19)26(32)16-37(33)15-25(31)28-20-8-11-22-23(12-20)36-17-35-22/h6-12,19H,2-5,13-17H2,1H3,(H,27,30)(H,28,31)/t37-/m0/s1. The SMILES string of the molecule is COc1ccc(CN(CC(=O)NC2CCCC2)C(=O)C[S@@](=O)CC(=O)Nc2ccc3c(c2)OCO3)cc1. The molecule has 1 aliphatic carbocycles. The summed E-state index contributed by atoms with van der Waals surface area (Å²) in [5.41, 5.74) is 1.27. The van der Waals surface area contributed by atoms with Gasteiger partial charge in [0.1, 0.15) is 17.3 Å². The van der Waals surface area contributed by atoms with Gasteiger partial charge in [0.15, 0.2) is 11.5 Å². The fraction of sp³-hybridized carbons (Fsp3) is 0.423. The fourth-order valence-corrected chi connectivity index (χ4v) is 5.22. The van der Waals surface area contributed by atoms with E-state index >= 15 is 0 Å². The molecule has 0 bridgehead atoms. The van der Waals surface area contributed by atoms with Gasteiger partial charge >= 0.3 is 0 Å². The van der Waals surface area contributed by atoms with Crippen LogP contribution in [0.4, 0.5) is 5.69 Å². The Morgan fingerprint density at radius 2 is 1.73 bits per heavy atom. The van der Waals surface area contributed by atoms with Gasteiger partial charge in [0.25, 0.3) is 0 Å². The van der Waals surface area contributed by atoms with E-state index in [-0.39, 0.29) is 43.3 Å². The zero-order chi connectivity index (χ0) is 26.2. The van der Waals surface area contributed by atoms with E-state index < -0.39 is 22.6 Å². The van der Waals surface area contributed by atoms with Crippen molar-refractivity contribution >= 4 is 34.2 Å². The summed E-state index contributed by atoms with van der Waals surface area (Å²) in [6, 6.07) is 12.2. The molecule has 2 N–H and O–H groups in total. The van der Waals surface area contributed by atoms with Gasteiger partial charge in [0.2, 0.25) is 24.5 Å². The van der Waals surface area contributed by atoms with Crippen LogP contribution in [-0.4, -0.2) is 64.8 Å². The molecule has 1 fully saturated rings. The maximum atomic E-state index is 13.1. The van der Waals surface area contributed by atoms with E-state index in [1.54, 1.807) is 37.4 Å². The number of nitrogens with one attached hydrogen (secondary N) is 2. The first kappa shape index (κ1) is 26.5. The molecule has 198 valence electrons. The van der Waals surface area contributed by atoms with Gasteiger partial charge in [0, 0.05) is 35.1 Å². The van der Waals surface area contributed by atoms with E-state index in [0.717, 1.165) is 31.2 Å². The summed E-state index contributed by atoms with van der Waals surface area (Å²) >= 11 is 0. The second-order valence-electron chi connectivity index (χ2n) is 8.99. The van der Waals surface area contributed by atoms with Gasteiger partial charge in [-0.25, -0.2) is 0 Å². The molecule has 1 saturated carbocycles. The molecule has 0 saturated heterocycles. The summed E-state index contributed by atoms with van der Waals surface area (Å²) in [5.74, 6) is -0.167. The molecule has 37 heavy (non-hydrogen) atoms. The Morgan fingerprint density at radius 1 is 1.00 bits per heavy atom. The summed E-state index contributed by atoms with van der Waals surface area (Å²) in [6.45, 7) is 0.133. The monoisotopic (exact) mass is 529 g/mol. The third-order valence-electron chi connectivity index (χ3n) is 6.17. The molecule has 2 aromatic rings. The number of ether oxygens (including phenoxy) is 3. The Hall–Kier alpha value is -3.60. The molecule has 1 atom stereocenters. The van der Waals surface area contributed by atoms with E-state index in [4.69, 9.17) is 14.2 Å². The van der Waals surface area contributed by atoms with Gasteiger partial charge in [-0.05, 0) is 42.7 Å². The van der Waals surface area contributed by atoms with Gasteiger partial charge in [-0.3, -0.25) is 18.6 Å². The van der Waals surface area contributed by atoms with Gasteiger partial charge in [-0.2, -0.15) is 0 Å². The van der Waals surface area contributed by atoms with Crippen LogP contribution < -0.4 is 24.8 Å². The molecule has 0 unspecified atom stereocenters. The highest BCUT2D eigenvalue weighted by atomic mass is 32.2. The van der Waals surface area contributed by atoms with E-state index in [1.165, 1.54) is 4.90 Å². The minimum atomic E-state index is -1.77. The predicted molar refractivity (Wildman–Crippen MR) is 138 cm³/mol. The van der Waals surface area contributed by atoms with Crippen LogP contribution in [0.15, 0.2) is 42.5 Å². The average molecular weight is 530 g/mol. The fourth-order valence-electron chi connectivity index (χ4n) is 4.30. The zero-order valence-corrected chi connectivity index (χ0v) is 21.5. The minimum Gasteiger partial charge on any atom is -0.497 e. The van der Waals surface area contributed by atoms with E-state index in [0.29, 0.717) is 22.9 Å². The highest BCUT2D eigenvalue weighted by Gasteiger charge is 2.24. The van der Waals surface area contributed by atoms with Crippen molar-refractivity contribution in [3.05, 3.63) is 48.0 Å². The van der Waals surface area contributed by atoms with Crippen LogP contribution >= 0.6 is 0 Å². The average Bonchev–Trinajstić information content (AvgIpc) is 3.55. The molecular weight excluding hydrogens is 498 g/mol. The number of benzene rings is 2. The van der Waals surface area contributed by atoms with Crippen molar-refractivity contribution in [1.82, 2.24) is 10.2 Å². The molecular formula is C26H31N3O7S. The maximum absolute atomic E-state index is 13.1. The number of anilines is 1. The van der Waals surface area contributed by atoms with Crippen molar-refractivity contribution in [3.8, 4) is 17.2 Å². The zero-order valence-electron chi connectivity index (χ0n) is 20.7. The lowest BCUT2D eigenvalue weighted by Gasteiger charge is -2.23.